The zero-order valence-corrected chi connectivity index (χ0v) is 17.2. The lowest BCUT2D eigenvalue weighted by atomic mass is 10.0. The van der Waals surface area contributed by atoms with Crippen LogP contribution >= 0.6 is 19.2 Å². The molecule has 2 aromatic carbocycles. The van der Waals surface area contributed by atoms with Gasteiger partial charge in [-0.25, -0.2) is 0 Å². The van der Waals surface area contributed by atoms with Crippen LogP contribution in [0.2, 0.25) is 5.02 Å². The van der Waals surface area contributed by atoms with E-state index in [4.69, 9.17) is 16.1 Å². The average Bonchev–Trinajstić information content (AvgIpc) is 2.66. The summed E-state index contributed by atoms with van der Waals surface area (Å²) in [6.07, 6.45) is -0.00524. The van der Waals surface area contributed by atoms with Crippen LogP contribution < -0.4 is 10.9 Å². The van der Waals surface area contributed by atoms with E-state index < -0.39 is 24.2 Å². The number of aromatic amines is 1. The Morgan fingerprint density at radius 2 is 2.03 bits per heavy atom. The molecular weight excluding hydrogens is 419 g/mol. The molecule has 2 atom stereocenters. The van der Waals surface area contributed by atoms with Gasteiger partial charge in [0.1, 0.15) is 5.30 Å². The lowest BCUT2D eigenvalue weighted by Gasteiger charge is -2.17. The topological polar surface area (TPSA) is 123 Å². The van der Waals surface area contributed by atoms with E-state index in [0.717, 1.165) is 0 Å². The van der Waals surface area contributed by atoms with Crippen LogP contribution in [0.1, 0.15) is 20.3 Å². The van der Waals surface area contributed by atoms with Crippen molar-refractivity contribution in [1.29, 1.82) is 0 Å². The van der Waals surface area contributed by atoms with Crippen molar-refractivity contribution < 1.29 is 18.9 Å². The molecule has 0 amide bonds. The molecule has 0 aliphatic rings. The van der Waals surface area contributed by atoms with E-state index in [1.165, 1.54) is 30.3 Å². The number of aromatic nitrogens is 1. The number of rotatable bonds is 6. The maximum absolute atomic E-state index is 12.6. The maximum Gasteiger partial charge on any atom is 0.364 e. The Morgan fingerprint density at radius 3 is 2.69 bits per heavy atom. The van der Waals surface area contributed by atoms with E-state index >= 15 is 0 Å². The highest BCUT2D eigenvalue weighted by Crippen LogP contribution is 2.42. The molecular formula is C19H18ClN2O6P. The molecule has 10 heteroatoms. The van der Waals surface area contributed by atoms with E-state index in [9.17, 15) is 24.4 Å². The minimum atomic E-state index is -4.35. The number of nitrogens with one attached hydrogen (secondary N) is 1. The van der Waals surface area contributed by atoms with Crippen molar-refractivity contribution in [1.82, 2.24) is 4.98 Å². The van der Waals surface area contributed by atoms with Crippen LogP contribution in [0.4, 0.5) is 5.69 Å². The Hall–Kier alpha value is -2.51. The van der Waals surface area contributed by atoms with Crippen molar-refractivity contribution in [3.8, 4) is 11.1 Å². The van der Waals surface area contributed by atoms with Crippen LogP contribution in [0, 0.1) is 10.1 Å². The molecule has 3 aromatic rings. The fourth-order valence-corrected chi connectivity index (χ4v) is 4.45. The summed E-state index contributed by atoms with van der Waals surface area (Å²) in [7, 11) is -4.35. The second kappa shape index (κ2) is 8.08. The van der Waals surface area contributed by atoms with Gasteiger partial charge in [0.2, 0.25) is 0 Å². The highest BCUT2D eigenvalue weighted by Gasteiger charge is 2.29. The summed E-state index contributed by atoms with van der Waals surface area (Å²) in [4.78, 5) is 35.7. The van der Waals surface area contributed by atoms with E-state index in [1.807, 2.05) is 0 Å². The van der Waals surface area contributed by atoms with Crippen molar-refractivity contribution >= 4 is 41.1 Å². The van der Waals surface area contributed by atoms with Gasteiger partial charge >= 0.3 is 7.60 Å². The van der Waals surface area contributed by atoms with Gasteiger partial charge in [-0.3, -0.25) is 19.5 Å². The lowest BCUT2D eigenvalue weighted by molar-refractivity contribution is -0.384. The summed E-state index contributed by atoms with van der Waals surface area (Å²) < 4.78 is 17.8. The van der Waals surface area contributed by atoms with Gasteiger partial charge in [-0.1, -0.05) is 30.7 Å². The Kier molecular flexibility index (Phi) is 5.91. The van der Waals surface area contributed by atoms with Crippen LogP contribution in [-0.4, -0.2) is 20.9 Å². The van der Waals surface area contributed by atoms with Gasteiger partial charge in [0.05, 0.1) is 16.0 Å². The van der Waals surface area contributed by atoms with E-state index in [1.54, 1.807) is 26.0 Å². The Balaban J connectivity index is 2.17. The zero-order chi connectivity index (χ0) is 21.3. The summed E-state index contributed by atoms with van der Waals surface area (Å²) in [5, 5.41) is 11.4. The quantitative estimate of drug-likeness (QED) is 0.336. The maximum atomic E-state index is 12.6. The number of hydrogen-bond donors (Lipinski definition) is 2. The van der Waals surface area contributed by atoms with Gasteiger partial charge < -0.3 is 14.4 Å². The molecule has 0 spiro atoms. The number of hydrogen-bond acceptors (Lipinski definition) is 5. The first-order valence-electron chi connectivity index (χ1n) is 8.75. The molecule has 0 aliphatic carbocycles. The SMILES string of the molecule is CCC(C)OP(=O)(O)c1cc2cc(-c3cccc([N+](=O)[O-])c3)c(Cl)cc2[nH]c1=O. The number of fused-ring (bicyclic) bond motifs is 1. The highest BCUT2D eigenvalue weighted by atomic mass is 35.5. The Morgan fingerprint density at radius 1 is 1.31 bits per heavy atom. The van der Waals surface area contributed by atoms with Gasteiger partial charge in [-0.2, -0.15) is 0 Å². The van der Waals surface area contributed by atoms with Crippen molar-refractivity contribution in [2.75, 3.05) is 0 Å². The third kappa shape index (κ3) is 4.41. The first-order chi connectivity index (χ1) is 13.6. The molecule has 0 fully saturated rings. The zero-order valence-electron chi connectivity index (χ0n) is 15.6. The molecule has 8 nitrogen and oxygen atoms in total. The molecule has 0 aliphatic heterocycles. The second-order valence-electron chi connectivity index (χ2n) is 6.56. The van der Waals surface area contributed by atoms with E-state index in [-0.39, 0.29) is 16.0 Å². The predicted octanol–water partition coefficient (Wildman–Crippen LogP) is 4.38. The number of nitro groups is 1. The summed E-state index contributed by atoms with van der Waals surface area (Å²) in [6, 6.07) is 10.3. The molecule has 0 saturated carbocycles. The van der Waals surface area contributed by atoms with Gasteiger partial charge in [0, 0.05) is 23.2 Å². The molecule has 1 aromatic heterocycles. The number of pyridine rings is 1. The molecule has 2 unspecified atom stereocenters. The van der Waals surface area contributed by atoms with Gasteiger partial charge in [-0.15, -0.1) is 0 Å². The second-order valence-corrected chi connectivity index (χ2v) is 8.70. The average molecular weight is 437 g/mol. The molecule has 0 bridgehead atoms. The largest absolute Gasteiger partial charge is 0.364 e. The van der Waals surface area contributed by atoms with Crippen LogP contribution in [0.3, 0.4) is 0 Å². The first kappa shape index (κ1) is 21.2. The van der Waals surface area contributed by atoms with Crippen LogP contribution in [-0.2, 0) is 9.09 Å². The normalized spacial score (nSPS) is 14.5. The summed E-state index contributed by atoms with van der Waals surface area (Å²) in [6.45, 7) is 3.43. The molecule has 29 heavy (non-hydrogen) atoms. The monoisotopic (exact) mass is 436 g/mol. The minimum absolute atomic E-state index is 0.0948. The number of benzene rings is 2. The van der Waals surface area contributed by atoms with Crippen LogP contribution in [0.15, 0.2) is 47.3 Å². The van der Waals surface area contributed by atoms with Gasteiger partial charge in [-0.05, 0) is 42.5 Å². The number of nitrogens with zero attached hydrogens (tertiary/aromatic N) is 1. The third-order valence-corrected chi connectivity index (χ3v) is 6.38. The minimum Gasteiger partial charge on any atom is -0.321 e. The molecule has 152 valence electrons. The third-order valence-electron chi connectivity index (χ3n) is 4.48. The van der Waals surface area contributed by atoms with Crippen molar-refractivity contribution in [2.24, 2.45) is 0 Å². The summed E-state index contributed by atoms with van der Waals surface area (Å²) in [5.41, 5.74) is 0.508. The molecule has 0 saturated heterocycles. The fraction of sp³-hybridized carbons (Fsp3) is 0.211. The number of non-ortho nitro benzene ring substituents is 1. The highest BCUT2D eigenvalue weighted by molar-refractivity contribution is 7.61. The molecule has 0 radical (unpaired) electrons. The summed E-state index contributed by atoms with van der Waals surface area (Å²) in [5.74, 6) is 0. The predicted molar refractivity (Wildman–Crippen MR) is 112 cm³/mol. The Labute approximate surface area is 170 Å². The summed E-state index contributed by atoms with van der Waals surface area (Å²) >= 11 is 6.32. The van der Waals surface area contributed by atoms with Crippen molar-refractivity contribution in [3.05, 3.63) is 68.0 Å². The van der Waals surface area contributed by atoms with E-state index in [0.29, 0.717) is 28.5 Å². The molecule has 2 N–H and O–H groups in total. The number of nitro benzene ring substituents is 1. The van der Waals surface area contributed by atoms with E-state index in [2.05, 4.69) is 4.98 Å². The van der Waals surface area contributed by atoms with Gasteiger partial charge in [0.15, 0.2) is 0 Å². The van der Waals surface area contributed by atoms with Crippen molar-refractivity contribution in [2.45, 2.75) is 26.4 Å². The smallest absolute Gasteiger partial charge is 0.321 e. The van der Waals surface area contributed by atoms with Crippen LogP contribution in [0.25, 0.3) is 22.0 Å². The van der Waals surface area contributed by atoms with Crippen molar-refractivity contribution in [3.63, 3.8) is 0 Å². The Bertz CT molecular complexity index is 1210. The molecule has 1 heterocycles. The fourth-order valence-electron chi connectivity index (χ4n) is 2.81. The standard InChI is InChI=1S/C19H18ClN2O6P/c1-3-11(2)28-29(26,27)18-9-13-8-15(16(20)10-17(13)21-19(18)23)12-5-4-6-14(7-12)22(24)25/h4-11H,3H2,1-2H3,(H,21,23)(H,26,27). The number of halogens is 1. The first-order valence-corrected chi connectivity index (χ1v) is 10.7. The van der Waals surface area contributed by atoms with Crippen LogP contribution in [0.5, 0.6) is 0 Å². The number of H-pyrrole nitrogens is 1. The lowest BCUT2D eigenvalue weighted by Crippen LogP contribution is -2.29. The molecule has 3 rings (SSSR count). The van der Waals surface area contributed by atoms with Gasteiger partial charge in [0.25, 0.3) is 11.2 Å².